The van der Waals surface area contributed by atoms with Gasteiger partial charge in [-0.25, -0.2) is 0 Å². The van der Waals surface area contributed by atoms with Gasteiger partial charge in [-0.1, -0.05) is 22.5 Å². The van der Waals surface area contributed by atoms with Gasteiger partial charge in [0.1, 0.15) is 23.9 Å². The predicted molar refractivity (Wildman–Crippen MR) is 100 cm³/mol. The molecule has 0 saturated carbocycles. The van der Waals surface area contributed by atoms with Gasteiger partial charge < -0.3 is 14.2 Å². The number of carbonyl (C=O) groups is 1. The molecule has 0 aliphatic carbocycles. The summed E-state index contributed by atoms with van der Waals surface area (Å²) >= 11 is 3.42. The molecule has 0 N–H and O–H groups in total. The van der Waals surface area contributed by atoms with Gasteiger partial charge in [0, 0.05) is 16.1 Å². The van der Waals surface area contributed by atoms with E-state index in [1.807, 2.05) is 25.1 Å². The number of ether oxygens (including phenoxy) is 3. The summed E-state index contributed by atoms with van der Waals surface area (Å²) in [6.45, 7) is 6.11. The Balaban J connectivity index is 1.90. The number of fused-ring (bicyclic) bond motifs is 1. The number of hydrogen-bond acceptors (Lipinski definition) is 4. The van der Waals surface area contributed by atoms with Gasteiger partial charge in [0.05, 0.1) is 12.7 Å². The molecule has 1 aliphatic heterocycles. The average Bonchev–Trinajstić information content (AvgIpc) is 2.89. The van der Waals surface area contributed by atoms with Crippen molar-refractivity contribution >= 4 is 27.8 Å². The third kappa shape index (κ3) is 3.77. The topological polar surface area (TPSA) is 44.8 Å². The summed E-state index contributed by atoms with van der Waals surface area (Å²) in [6.07, 6.45) is 1.68. The highest BCUT2D eigenvalue weighted by atomic mass is 79.9. The molecule has 1 aliphatic rings. The van der Waals surface area contributed by atoms with Gasteiger partial charge in [-0.05, 0) is 48.9 Å². The van der Waals surface area contributed by atoms with E-state index in [4.69, 9.17) is 14.2 Å². The van der Waals surface area contributed by atoms with Crippen LogP contribution >= 0.6 is 15.9 Å². The van der Waals surface area contributed by atoms with Crippen LogP contribution in [0.15, 0.2) is 58.8 Å². The first-order chi connectivity index (χ1) is 12.0. The first-order valence-electron chi connectivity index (χ1n) is 7.67. The maximum absolute atomic E-state index is 12.6. The Bertz CT molecular complexity index is 883. The van der Waals surface area contributed by atoms with Crippen molar-refractivity contribution in [1.82, 2.24) is 0 Å². The Morgan fingerprint density at radius 2 is 2.08 bits per heavy atom. The normalized spacial score (nSPS) is 14.2. The minimum absolute atomic E-state index is 0.163. The van der Waals surface area contributed by atoms with Crippen LogP contribution < -0.4 is 14.2 Å². The minimum atomic E-state index is -0.163. The van der Waals surface area contributed by atoms with Crippen LogP contribution in [0, 0.1) is 0 Å². The molecule has 2 aromatic rings. The molecule has 0 atom stereocenters. The molecule has 0 aromatic heterocycles. The van der Waals surface area contributed by atoms with Crippen LogP contribution in [0.25, 0.3) is 6.08 Å². The van der Waals surface area contributed by atoms with Crippen LogP contribution in [0.1, 0.15) is 22.8 Å². The molecule has 25 heavy (non-hydrogen) atoms. The summed E-state index contributed by atoms with van der Waals surface area (Å²) in [4.78, 5) is 12.6. The number of halogens is 1. The molecule has 0 bridgehead atoms. The van der Waals surface area contributed by atoms with Gasteiger partial charge in [0.2, 0.25) is 5.78 Å². The van der Waals surface area contributed by atoms with E-state index in [-0.39, 0.29) is 11.5 Å². The molecule has 0 saturated heterocycles. The number of carbonyl (C=O) groups excluding carboxylic acids is 1. The van der Waals surface area contributed by atoms with Gasteiger partial charge in [-0.15, -0.1) is 0 Å². The molecular weight excluding hydrogens is 384 g/mol. The number of hydrogen-bond donors (Lipinski definition) is 0. The molecule has 2 aromatic carbocycles. The molecule has 1 heterocycles. The summed E-state index contributed by atoms with van der Waals surface area (Å²) in [5.41, 5.74) is 2.19. The van der Waals surface area contributed by atoms with Gasteiger partial charge in [0.15, 0.2) is 5.76 Å². The highest BCUT2D eigenvalue weighted by Gasteiger charge is 2.28. The molecule has 0 spiro atoms. The third-order valence-electron chi connectivity index (χ3n) is 3.60. The highest BCUT2D eigenvalue weighted by molar-refractivity contribution is 9.10. The largest absolute Gasteiger partial charge is 0.496 e. The zero-order chi connectivity index (χ0) is 18.0. The van der Waals surface area contributed by atoms with Crippen LogP contribution in [-0.4, -0.2) is 19.5 Å². The van der Waals surface area contributed by atoms with Crippen LogP contribution in [-0.2, 0) is 0 Å². The summed E-state index contributed by atoms with van der Waals surface area (Å²) in [5, 5.41) is 0. The van der Waals surface area contributed by atoms with Crippen molar-refractivity contribution in [3.8, 4) is 17.2 Å². The van der Waals surface area contributed by atoms with Crippen molar-refractivity contribution in [1.29, 1.82) is 0 Å². The van der Waals surface area contributed by atoms with Crippen molar-refractivity contribution in [3.63, 3.8) is 0 Å². The van der Waals surface area contributed by atoms with Crippen molar-refractivity contribution in [2.45, 2.75) is 6.92 Å². The average molecular weight is 401 g/mol. The maximum atomic E-state index is 12.6. The Hall–Kier alpha value is -2.53. The Morgan fingerprint density at radius 3 is 2.80 bits per heavy atom. The van der Waals surface area contributed by atoms with E-state index in [9.17, 15) is 4.79 Å². The van der Waals surface area contributed by atoms with E-state index in [0.717, 1.165) is 15.6 Å². The molecule has 3 rings (SSSR count). The summed E-state index contributed by atoms with van der Waals surface area (Å²) < 4.78 is 17.6. The number of benzene rings is 2. The number of rotatable bonds is 5. The number of Topliss-reactive ketones (excluding diaryl/α,β-unsaturated/α-hetero) is 1. The fourth-order valence-corrected chi connectivity index (χ4v) is 2.80. The third-order valence-corrected chi connectivity index (χ3v) is 4.10. The first kappa shape index (κ1) is 17.3. The molecule has 128 valence electrons. The van der Waals surface area contributed by atoms with Crippen molar-refractivity contribution in [2.24, 2.45) is 0 Å². The van der Waals surface area contributed by atoms with E-state index in [1.54, 1.807) is 31.4 Å². The van der Waals surface area contributed by atoms with Crippen LogP contribution in [0.5, 0.6) is 17.2 Å². The SMILES string of the molecule is C=C(C)COc1ccc2c(c1)O/C(=C\c1cc(Br)ccc1OC)C2=O. The van der Waals surface area contributed by atoms with E-state index in [1.165, 1.54) is 0 Å². The van der Waals surface area contributed by atoms with Crippen molar-refractivity contribution < 1.29 is 19.0 Å². The number of methoxy groups -OCH3 is 1. The quantitative estimate of drug-likeness (QED) is 0.521. The Morgan fingerprint density at radius 1 is 1.28 bits per heavy atom. The second-order valence-corrected chi connectivity index (χ2v) is 6.65. The lowest BCUT2D eigenvalue weighted by atomic mass is 10.1. The molecule has 0 unspecified atom stereocenters. The monoisotopic (exact) mass is 400 g/mol. The molecule has 0 fully saturated rings. The summed E-state index contributed by atoms with van der Waals surface area (Å²) in [5.74, 6) is 1.88. The van der Waals surface area contributed by atoms with E-state index in [0.29, 0.717) is 29.4 Å². The second-order valence-electron chi connectivity index (χ2n) is 5.73. The standard InChI is InChI=1S/C20H17BrO4/c1-12(2)11-24-15-5-6-16-18(10-15)25-19(20(16)22)9-13-8-14(21)4-7-17(13)23-3/h4-10H,1,11H2,2-3H3/b19-9-. The van der Waals surface area contributed by atoms with Crippen molar-refractivity contribution in [2.75, 3.05) is 13.7 Å². The van der Waals surface area contributed by atoms with Crippen molar-refractivity contribution in [3.05, 3.63) is 69.9 Å². The molecular formula is C20H17BrO4. The Labute approximate surface area is 154 Å². The van der Waals surface area contributed by atoms with Crippen LogP contribution in [0.4, 0.5) is 0 Å². The lowest BCUT2D eigenvalue weighted by Crippen LogP contribution is -1.99. The van der Waals surface area contributed by atoms with Gasteiger partial charge in [-0.2, -0.15) is 0 Å². The maximum Gasteiger partial charge on any atom is 0.231 e. The molecule has 0 radical (unpaired) electrons. The highest BCUT2D eigenvalue weighted by Crippen LogP contribution is 2.36. The minimum Gasteiger partial charge on any atom is -0.496 e. The molecule has 5 heteroatoms. The smallest absolute Gasteiger partial charge is 0.231 e. The van der Waals surface area contributed by atoms with E-state index in [2.05, 4.69) is 22.5 Å². The van der Waals surface area contributed by atoms with Gasteiger partial charge in [0.25, 0.3) is 0 Å². The first-order valence-corrected chi connectivity index (χ1v) is 8.46. The fourth-order valence-electron chi connectivity index (χ4n) is 2.42. The zero-order valence-corrected chi connectivity index (χ0v) is 15.6. The summed E-state index contributed by atoms with van der Waals surface area (Å²) in [6, 6.07) is 10.8. The van der Waals surface area contributed by atoms with Crippen LogP contribution in [0.2, 0.25) is 0 Å². The Kier molecular flexibility index (Phi) is 4.95. The van der Waals surface area contributed by atoms with Gasteiger partial charge in [-0.3, -0.25) is 4.79 Å². The molecule has 0 amide bonds. The van der Waals surface area contributed by atoms with Gasteiger partial charge >= 0.3 is 0 Å². The lowest BCUT2D eigenvalue weighted by Gasteiger charge is -2.07. The second kappa shape index (κ2) is 7.15. The van der Waals surface area contributed by atoms with E-state index < -0.39 is 0 Å². The predicted octanol–water partition coefficient (Wildman–Crippen LogP) is 5.03. The number of allylic oxidation sites excluding steroid dienone is 1. The fraction of sp³-hybridized carbons (Fsp3) is 0.150. The lowest BCUT2D eigenvalue weighted by molar-refractivity contribution is 0.101. The zero-order valence-electron chi connectivity index (χ0n) is 14.0. The van der Waals surface area contributed by atoms with Crippen LogP contribution in [0.3, 0.4) is 0 Å². The molecule has 4 nitrogen and oxygen atoms in total. The summed E-state index contributed by atoms with van der Waals surface area (Å²) in [7, 11) is 1.59. The number of ketones is 1. The van der Waals surface area contributed by atoms with E-state index >= 15 is 0 Å².